The molecule has 1 saturated heterocycles. The van der Waals surface area contributed by atoms with E-state index < -0.39 is 5.83 Å². The van der Waals surface area contributed by atoms with Crippen molar-refractivity contribution in [2.45, 2.75) is 33.2 Å². The molecule has 0 bridgehead atoms. The smallest absolute Gasteiger partial charge is 0.224 e. The number of hydrogen-bond acceptors (Lipinski definition) is 4. The van der Waals surface area contributed by atoms with E-state index in [0.717, 1.165) is 0 Å². The number of amides is 1. The highest BCUT2D eigenvalue weighted by Gasteiger charge is 2.33. The van der Waals surface area contributed by atoms with E-state index >= 15 is 0 Å². The summed E-state index contributed by atoms with van der Waals surface area (Å²) in [6.45, 7) is 9.18. The van der Waals surface area contributed by atoms with Gasteiger partial charge in [-0.1, -0.05) is 20.4 Å². The molecule has 128 valence electrons. The van der Waals surface area contributed by atoms with Crippen molar-refractivity contribution in [3.63, 3.8) is 0 Å². The Morgan fingerprint density at radius 2 is 2.13 bits per heavy atom. The summed E-state index contributed by atoms with van der Waals surface area (Å²) < 4.78 is 13.6. The monoisotopic (exact) mass is 323 g/mol. The van der Waals surface area contributed by atoms with Gasteiger partial charge >= 0.3 is 0 Å². The lowest BCUT2D eigenvalue weighted by molar-refractivity contribution is -0.124. The standard InChI is InChI=1S/C15H20FN3O2.C2H6/c1-10(4-11(2)20)5-13(16)8-18-15(21)12-6-14(7-17)19(3)9-12;1-2/h4-5,12,14,20H,2,6,8-9H2,1,3H3,(H,18,21);1-2H3/b10-4-,13-5+;. The van der Waals surface area contributed by atoms with E-state index in [4.69, 9.17) is 10.4 Å². The minimum Gasteiger partial charge on any atom is -0.509 e. The van der Waals surface area contributed by atoms with Crippen LogP contribution in [0.2, 0.25) is 0 Å². The first-order valence-corrected chi connectivity index (χ1v) is 7.63. The van der Waals surface area contributed by atoms with E-state index in [1.807, 2.05) is 18.7 Å². The van der Waals surface area contributed by atoms with Crippen LogP contribution < -0.4 is 5.32 Å². The molecule has 2 N–H and O–H groups in total. The summed E-state index contributed by atoms with van der Waals surface area (Å²) in [5, 5.41) is 20.4. The fourth-order valence-corrected chi connectivity index (χ4v) is 2.26. The predicted octanol–water partition coefficient (Wildman–Crippen LogP) is 2.84. The van der Waals surface area contributed by atoms with Gasteiger partial charge in [-0.15, -0.1) is 0 Å². The molecule has 0 aliphatic carbocycles. The van der Waals surface area contributed by atoms with Crippen LogP contribution in [0.5, 0.6) is 0 Å². The molecule has 6 heteroatoms. The van der Waals surface area contributed by atoms with Crippen LogP contribution in [0.1, 0.15) is 27.2 Å². The third-order valence-electron chi connectivity index (χ3n) is 3.28. The van der Waals surface area contributed by atoms with Gasteiger partial charge in [0, 0.05) is 6.54 Å². The van der Waals surface area contributed by atoms with Gasteiger partial charge in [0.2, 0.25) is 5.91 Å². The van der Waals surface area contributed by atoms with Gasteiger partial charge in [0.1, 0.15) is 11.6 Å². The first-order chi connectivity index (χ1) is 10.8. The molecular weight excluding hydrogens is 297 g/mol. The summed E-state index contributed by atoms with van der Waals surface area (Å²) in [5.41, 5.74) is 0.499. The molecule has 0 saturated carbocycles. The van der Waals surface area contributed by atoms with E-state index in [-0.39, 0.29) is 30.2 Å². The van der Waals surface area contributed by atoms with Crippen LogP contribution >= 0.6 is 0 Å². The number of halogens is 1. The molecule has 1 rings (SSSR count). The molecule has 0 spiro atoms. The Hall–Kier alpha value is -2.13. The fourth-order valence-electron chi connectivity index (χ4n) is 2.26. The fraction of sp³-hybridized carbons (Fsp3) is 0.529. The van der Waals surface area contributed by atoms with Crippen molar-refractivity contribution in [2.24, 2.45) is 5.92 Å². The number of allylic oxidation sites excluding steroid dienone is 3. The lowest BCUT2D eigenvalue weighted by atomic mass is 10.1. The molecule has 23 heavy (non-hydrogen) atoms. The van der Waals surface area contributed by atoms with Gasteiger partial charge in [0.25, 0.3) is 0 Å². The molecule has 5 nitrogen and oxygen atoms in total. The van der Waals surface area contributed by atoms with Gasteiger partial charge in [-0.05, 0) is 38.1 Å². The second kappa shape index (κ2) is 10.6. The van der Waals surface area contributed by atoms with Gasteiger partial charge in [0.15, 0.2) is 0 Å². The van der Waals surface area contributed by atoms with E-state index in [1.165, 1.54) is 12.2 Å². The molecule has 1 amide bonds. The van der Waals surface area contributed by atoms with Crippen molar-refractivity contribution in [1.29, 1.82) is 5.26 Å². The van der Waals surface area contributed by atoms with Crippen molar-refractivity contribution in [1.82, 2.24) is 10.2 Å². The van der Waals surface area contributed by atoms with Crippen LogP contribution in [0.3, 0.4) is 0 Å². The third kappa shape index (κ3) is 7.61. The van der Waals surface area contributed by atoms with E-state index in [2.05, 4.69) is 18.0 Å². The maximum absolute atomic E-state index is 13.6. The Morgan fingerprint density at radius 3 is 2.61 bits per heavy atom. The lowest BCUT2D eigenvalue weighted by Gasteiger charge is -2.11. The molecule has 0 aromatic rings. The molecule has 1 heterocycles. The zero-order chi connectivity index (χ0) is 18.0. The van der Waals surface area contributed by atoms with Crippen molar-refractivity contribution in [3.05, 3.63) is 35.9 Å². The highest BCUT2D eigenvalue weighted by atomic mass is 19.1. The predicted molar refractivity (Wildman–Crippen MR) is 89.2 cm³/mol. The topological polar surface area (TPSA) is 76.4 Å². The third-order valence-corrected chi connectivity index (χ3v) is 3.28. The second-order valence-electron chi connectivity index (χ2n) is 5.21. The summed E-state index contributed by atoms with van der Waals surface area (Å²) in [7, 11) is 1.79. The molecule has 0 aromatic carbocycles. The molecule has 1 aliphatic heterocycles. The SMILES string of the molecule is C=C(O)/C=C(C)\C=C(\F)CNC(=O)C1CC(C#N)N(C)C1.CC. The molecule has 2 atom stereocenters. The Bertz CT molecular complexity index is 520. The minimum absolute atomic E-state index is 0.155. The Labute approximate surface area is 137 Å². The minimum atomic E-state index is -0.512. The van der Waals surface area contributed by atoms with Gasteiger partial charge < -0.3 is 10.4 Å². The molecule has 0 aromatic heterocycles. The number of carbonyl (C=O) groups excluding carboxylic acids is 1. The number of aliphatic hydroxyl groups excluding tert-OH is 1. The van der Waals surface area contributed by atoms with Crippen LogP contribution in [0, 0.1) is 17.2 Å². The summed E-state index contributed by atoms with van der Waals surface area (Å²) in [6.07, 6.45) is 3.01. The number of nitrogens with zero attached hydrogens (tertiary/aromatic N) is 2. The largest absolute Gasteiger partial charge is 0.509 e. The molecule has 1 fully saturated rings. The molecule has 0 radical (unpaired) electrons. The normalized spacial score (nSPS) is 21.9. The van der Waals surface area contributed by atoms with Crippen molar-refractivity contribution in [2.75, 3.05) is 20.1 Å². The van der Waals surface area contributed by atoms with Crippen molar-refractivity contribution < 1.29 is 14.3 Å². The van der Waals surface area contributed by atoms with Crippen molar-refractivity contribution in [3.8, 4) is 6.07 Å². The Kier molecular flexibility index (Phi) is 9.59. The highest BCUT2D eigenvalue weighted by molar-refractivity contribution is 5.79. The van der Waals surface area contributed by atoms with Crippen LogP contribution in [-0.4, -0.2) is 42.1 Å². The molecule has 1 aliphatic rings. The highest BCUT2D eigenvalue weighted by Crippen LogP contribution is 2.21. The summed E-state index contributed by atoms with van der Waals surface area (Å²) in [5.74, 6) is -1.21. The first kappa shape index (κ1) is 20.9. The summed E-state index contributed by atoms with van der Waals surface area (Å²) >= 11 is 0. The first-order valence-electron chi connectivity index (χ1n) is 7.63. The summed E-state index contributed by atoms with van der Waals surface area (Å²) in [4.78, 5) is 13.7. The molecule has 2 unspecified atom stereocenters. The van der Waals surface area contributed by atoms with Gasteiger partial charge in [-0.3, -0.25) is 9.69 Å². The second-order valence-corrected chi connectivity index (χ2v) is 5.21. The van der Waals surface area contributed by atoms with Gasteiger partial charge in [-0.25, -0.2) is 4.39 Å². The number of likely N-dealkylation sites (tertiary alicyclic amines) is 1. The lowest BCUT2D eigenvalue weighted by Crippen LogP contribution is -2.33. The summed E-state index contributed by atoms with van der Waals surface area (Å²) in [6, 6.07) is 1.87. The molecular formula is C17H26FN3O2. The zero-order valence-electron chi connectivity index (χ0n) is 14.3. The number of nitriles is 1. The number of carbonyl (C=O) groups is 1. The van der Waals surface area contributed by atoms with Crippen LogP contribution in [0.25, 0.3) is 0 Å². The van der Waals surface area contributed by atoms with E-state index in [0.29, 0.717) is 18.5 Å². The number of nitrogens with one attached hydrogen (secondary N) is 1. The Balaban J connectivity index is 0.00000232. The van der Waals surface area contributed by atoms with Crippen molar-refractivity contribution >= 4 is 5.91 Å². The van der Waals surface area contributed by atoms with Gasteiger partial charge in [0.05, 0.1) is 24.6 Å². The number of hydrogen-bond donors (Lipinski definition) is 2. The quantitative estimate of drug-likeness (QED) is 0.602. The van der Waals surface area contributed by atoms with Gasteiger partial charge in [-0.2, -0.15) is 5.26 Å². The van der Waals surface area contributed by atoms with E-state index in [9.17, 15) is 9.18 Å². The van der Waals surface area contributed by atoms with Crippen LogP contribution in [0.4, 0.5) is 4.39 Å². The van der Waals surface area contributed by atoms with Crippen LogP contribution in [-0.2, 0) is 4.79 Å². The van der Waals surface area contributed by atoms with E-state index in [1.54, 1.807) is 14.0 Å². The Morgan fingerprint density at radius 1 is 1.52 bits per heavy atom. The average molecular weight is 323 g/mol. The number of rotatable bonds is 5. The average Bonchev–Trinajstić information content (AvgIpc) is 2.87. The zero-order valence-corrected chi connectivity index (χ0v) is 14.3. The maximum Gasteiger partial charge on any atom is 0.224 e. The van der Waals surface area contributed by atoms with Crippen LogP contribution in [0.15, 0.2) is 35.9 Å². The number of aliphatic hydroxyl groups is 1. The maximum atomic E-state index is 13.6.